The Hall–Kier alpha value is -2.56. The molecule has 0 aliphatic carbocycles. The lowest BCUT2D eigenvalue weighted by Crippen LogP contribution is -2.06. The Morgan fingerprint density at radius 3 is 2.75 bits per heavy atom. The largest absolute Gasteiger partial charge is 0.405 e. The number of hydrogen-bond donors (Lipinski definition) is 1. The first kappa shape index (κ1) is 15.5. The van der Waals surface area contributed by atoms with Crippen molar-refractivity contribution in [3.63, 3.8) is 0 Å². The van der Waals surface area contributed by atoms with Crippen molar-refractivity contribution in [3.8, 4) is 0 Å². The van der Waals surface area contributed by atoms with Crippen molar-refractivity contribution in [2.45, 2.75) is 0 Å². The second-order valence-electron chi connectivity index (χ2n) is 4.39. The molecular formula is C15H20N4O. The highest BCUT2D eigenvalue weighted by Crippen LogP contribution is 2.16. The summed E-state index contributed by atoms with van der Waals surface area (Å²) in [5.41, 5.74) is 7.31. The second-order valence-corrected chi connectivity index (χ2v) is 4.39. The molecule has 0 aliphatic heterocycles. The molecule has 1 rings (SSSR count). The van der Waals surface area contributed by atoms with E-state index in [1.54, 1.807) is 47.1 Å². The number of aryl methyl sites for hydroxylation is 1. The zero-order valence-corrected chi connectivity index (χ0v) is 12.1. The Kier molecular flexibility index (Phi) is 5.53. The lowest BCUT2D eigenvalue weighted by molar-refractivity contribution is 0.103. The van der Waals surface area contributed by atoms with Crippen molar-refractivity contribution in [2.24, 2.45) is 12.8 Å². The van der Waals surface area contributed by atoms with Crippen molar-refractivity contribution in [1.29, 1.82) is 0 Å². The highest BCUT2D eigenvalue weighted by atomic mass is 16.1. The average Bonchev–Trinajstić information content (AvgIpc) is 2.79. The predicted molar refractivity (Wildman–Crippen MR) is 81.9 cm³/mol. The first-order valence-corrected chi connectivity index (χ1v) is 6.14. The molecule has 0 saturated carbocycles. The molecule has 0 spiro atoms. The number of nitrogens with zero attached hydrogens (tertiary/aromatic N) is 3. The van der Waals surface area contributed by atoms with E-state index in [2.05, 4.69) is 11.7 Å². The van der Waals surface area contributed by atoms with Crippen LogP contribution in [0.4, 0.5) is 0 Å². The fourth-order valence-corrected chi connectivity index (χ4v) is 1.56. The van der Waals surface area contributed by atoms with Crippen molar-refractivity contribution >= 4 is 11.4 Å². The molecule has 0 radical (unpaired) electrons. The van der Waals surface area contributed by atoms with Gasteiger partial charge in [-0.1, -0.05) is 18.7 Å². The molecule has 0 aliphatic rings. The third-order valence-electron chi connectivity index (χ3n) is 2.56. The molecule has 0 fully saturated rings. The first-order chi connectivity index (χ1) is 9.49. The summed E-state index contributed by atoms with van der Waals surface area (Å²) in [6.07, 6.45) is 9.80. The number of rotatable bonds is 6. The summed E-state index contributed by atoms with van der Waals surface area (Å²) in [7, 11) is 5.45. The van der Waals surface area contributed by atoms with Gasteiger partial charge in [0.2, 0.25) is 5.78 Å². The Bertz CT molecular complexity index is 577. The van der Waals surface area contributed by atoms with Gasteiger partial charge >= 0.3 is 0 Å². The number of aromatic nitrogens is 2. The zero-order valence-electron chi connectivity index (χ0n) is 12.1. The van der Waals surface area contributed by atoms with E-state index in [0.717, 1.165) is 5.57 Å². The number of carbonyl (C=O) groups excluding carboxylic acids is 1. The summed E-state index contributed by atoms with van der Waals surface area (Å²) < 4.78 is 1.56. The van der Waals surface area contributed by atoms with E-state index in [-0.39, 0.29) is 5.78 Å². The minimum atomic E-state index is -0.0993. The van der Waals surface area contributed by atoms with Crippen LogP contribution < -0.4 is 5.73 Å². The molecule has 5 nitrogen and oxygen atoms in total. The molecule has 0 amide bonds. The highest BCUT2D eigenvalue weighted by molar-refractivity contribution is 6.03. The van der Waals surface area contributed by atoms with Crippen LogP contribution in [0.15, 0.2) is 49.3 Å². The Labute approximate surface area is 119 Å². The van der Waals surface area contributed by atoms with Crippen LogP contribution >= 0.6 is 0 Å². The number of ketones is 1. The lowest BCUT2D eigenvalue weighted by Gasteiger charge is -2.02. The Morgan fingerprint density at radius 1 is 1.50 bits per heavy atom. The quantitative estimate of drug-likeness (QED) is 0.486. The van der Waals surface area contributed by atoms with E-state index in [1.807, 2.05) is 14.1 Å². The van der Waals surface area contributed by atoms with Crippen LogP contribution in [0.5, 0.6) is 0 Å². The molecule has 1 aromatic heterocycles. The summed E-state index contributed by atoms with van der Waals surface area (Å²) in [4.78, 5) is 13.9. The molecule has 106 valence electrons. The SMILES string of the molecule is C=C/C(=C\C=C/N)c1cc(C(=O)/C=C/N(C)C)n(C)n1. The van der Waals surface area contributed by atoms with Crippen molar-refractivity contribution < 1.29 is 4.79 Å². The normalized spacial score (nSPS) is 12.2. The average molecular weight is 272 g/mol. The van der Waals surface area contributed by atoms with Crippen LogP contribution in [0.2, 0.25) is 0 Å². The highest BCUT2D eigenvalue weighted by Gasteiger charge is 2.12. The van der Waals surface area contributed by atoms with Crippen LogP contribution in [0.3, 0.4) is 0 Å². The topological polar surface area (TPSA) is 64.2 Å². The van der Waals surface area contributed by atoms with Crippen LogP contribution in [0, 0.1) is 0 Å². The van der Waals surface area contributed by atoms with Gasteiger partial charge in [-0.05, 0) is 18.3 Å². The number of nitrogens with two attached hydrogens (primary N) is 1. The maximum absolute atomic E-state index is 12.1. The molecule has 0 bridgehead atoms. The molecule has 0 atom stereocenters. The fourth-order valence-electron chi connectivity index (χ4n) is 1.56. The third kappa shape index (κ3) is 3.98. The van der Waals surface area contributed by atoms with E-state index in [4.69, 9.17) is 5.73 Å². The van der Waals surface area contributed by atoms with Gasteiger partial charge in [0.25, 0.3) is 0 Å². The van der Waals surface area contributed by atoms with Crippen molar-refractivity contribution in [3.05, 3.63) is 60.7 Å². The van der Waals surface area contributed by atoms with Gasteiger partial charge in [0.15, 0.2) is 0 Å². The molecule has 20 heavy (non-hydrogen) atoms. The van der Waals surface area contributed by atoms with Crippen molar-refractivity contribution in [2.75, 3.05) is 14.1 Å². The fraction of sp³-hybridized carbons (Fsp3) is 0.200. The molecule has 1 heterocycles. The van der Waals surface area contributed by atoms with Gasteiger partial charge < -0.3 is 10.6 Å². The maximum atomic E-state index is 12.1. The number of carbonyl (C=O) groups is 1. The summed E-state index contributed by atoms with van der Waals surface area (Å²) in [6, 6.07) is 1.74. The number of hydrogen-bond acceptors (Lipinski definition) is 4. The third-order valence-corrected chi connectivity index (χ3v) is 2.56. The molecule has 0 unspecified atom stereocenters. The van der Waals surface area contributed by atoms with E-state index < -0.39 is 0 Å². The van der Waals surface area contributed by atoms with Gasteiger partial charge in [-0.15, -0.1) is 0 Å². The predicted octanol–water partition coefficient (Wildman–Crippen LogP) is 1.72. The minimum absolute atomic E-state index is 0.0993. The van der Waals surface area contributed by atoms with Gasteiger partial charge in [-0.3, -0.25) is 9.48 Å². The van der Waals surface area contributed by atoms with E-state index in [9.17, 15) is 4.79 Å². The number of allylic oxidation sites excluding steroid dienone is 5. The maximum Gasteiger partial charge on any atom is 0.205 e. The Balaban J connectivity index is 3.09. The zero-order chi connectivity index (χ0) is 15.1. The smallest absolute Gasteiger partial charge is 0.205 e. The Morgan fingerprint density at radius 2 is 2.20 bits per heavy atom. The monoisotopic (exact) mass is 272 g/mol. The molecule has 0 saturated heterocycles. The van der Waals surface area contributed by atoms with E-state index in [0.29, 0.717) is 11.4 Å². The molecular weight excluding hydrogens is 252 g/mol. The molecule has 0 aromatic carbocycles. The molecule has 2 N–H and O–H groups in total. The molecule has 1 aromatic rings. The van der Waals surface area contributed by atoms with E-state index in [1.165, 1.54) is 12.3 Å². The van der Waals surface area contributed by atoms with Gasteiger partial charge in [-0.2, -0.15) is 5.10 Å². The summed E-state index contributed by atoms with van der Waals surface area (Å²) in [5.74, 6) is -0.0993. The summed E-state index contributed by atoms with van der Waals surface area (Å²) in [5, 5.41) is 4.32. The summed E-state index contributed by atoms with van der Waals surface area (Å²) >= 11 is 0. The van der Waals surface area contributed by atoms with Crippen molar-refractivity contribution in [1.82, 2.24) is 14.7 Å². The van der Waals surface area contributed by atoms with Crippen LogP contribution in [-0.2, 0) is 7.05 Å². The van der Waals surface area contributed by atoms with Crippen LogP contribution in [0.25, 0.3) is 5.57 Å². The van der Waals surface area contributed by atoms with Crippen LogP contribution in [0.1, 0.15) is 16.2 Å². The van der Waals surface area contributed by atoms with Gasteiger partial charge in [0, 0.05) is 39.0 Å². The van der Waals surface area contributed by atoms with Gasteiger partial charge in [0.1, 0.15) is 5.69 Å². The first-order valence-electron chi connectivity index (χ1n) is 6.14. The van der Waals surface area contributed by atoms with E-state index >= 15 is 0 Å². The van der Waals surface area contributed by atoms with Gasteiger partial charge in [-0.25, -0.2) is 0 Å². The standard InChI is InChI=1S/C15H20N4O/c1-5-12(7-6-9-16)13-11-14(19(4)17-13)15(20)8-10-18(2)3/h5-11H,1,16H2,2-4H3/b9-6-,10-8+,12-7+. The van der Waals surface area contributed by atoms with Crippen LogP contribution in [-0.4, -0.2) is 34.6 Å². The second kappa shape index (κ2) is 7.13. The minimum Gasteiger partial charge on any atom is -0.405 e. The lowest BCUT2D eigenvalue weighted by atomic mass is 10.1. The van der Waals surface area contributed by atoms with Gasteiger partial charge in [0.05, 0.1) is 5.69 Å². The summed E-state index contributed by atoms with van der Waals surface area (Å²) in [6.45, 7) is 3.74. The molecule has 5 heteroatoms.